The van der Waals surface area contributed by atoms with Gasteiger partial charge in [0.15, 0.2) is 18.1 Å². The number of primary amides is 1. The maximum atomic E-state index is 10.9. The van der Waals surface area contributed by atoms with Crippen molar-refractivity contribution in [3.05, 3.63) is 41.3 Å². The van der Waals surface area contributed by atoms with Gasteiger partial charge in [0.05, 0.1) is 13.2 Å². The average Bonchev–Trinajstić information content (AvgIpc) is 3.22. The van der Waals surface area contributed by atoms with Crippen molar-refractivity contribution in [3.8, 4) is 11.5 Å². The molecule has 0 radical (unpaired) electrons. The lowest BCUT2D eigenvalue weighted by Gasteiger charge is -2.23. The van der Waals surface area contributed by atoms with Crippen molar-refractivity contribution in [1.82, 2.24) is 10.1 Å². The van der Waals surface area contributed by atoms with Crippen molar-refractivity contribution in [2.45, 2.75) is 32.4 Å². The molecule has 0 unspecified atom stereocenters. The smallest absolute Gasteiger partial charge is 0.255 e. The third-order valence-corrected chi connectivity index (χ3v) is 4.33. The third kappa shape index (κ3) is 4.11. The van der Waals surface area contributed by atoms with E-state index >= 15 is 0 Å². The van der Waals surface area contributed by atoms with Gasteiger partial charge in [-0.05, 0) is 44.0 Å². The summed E-state index contributed by atoms with van der Waals surface area (Å²) in [6.45, 7) is 3.53. The molecule has 0 aliphatic carbocycles. The van der Waals surface area contributed by atoms with E-state index in [-0.39, 0.29) is 12.6 Å². The van der Waals surface area contributed by atoms with Crippen LogP contribution in [0.5, 0.6) is 11.5 Å². The minimum atomic E-state index is -0.519. The van der Waals surface area contributed by atoms with Gasteiger partial charge in [-0.1, -0.05) is 11.2 Å². The number of nitrogens with zero attached hydrogens (tertiary/aromatic N) is 2. The van der Waals surface area contributed by atoms with Gasteiger partial charge >= 0.3 is 0 Å². The lowest BCUT2D eigenvalue weighted by Crippen LogP contribution is -2.23. The number of carbonyl (C=O) groups is 1. The third-order valence-electron chi connectivity index (χ3n) is 4.33. The fourth-order valence-electron chi connectivity index (χ4n) is 3.21. The summed E-state index contributed by atoms with van der Waals surface area (Å²) in [5.41, 5.74) is 7.21. The second-order valence-electron chi connectivity index (χ2n) is 6.23. The van der Waals surface area contributed by atoms with Gasteiger partial charge in [-0.25, -0.2) is 0 Å². The first-order valence-corrected chi connectivity index (χ1v) is 8.32. The zero-order valence-electron chi connectivity index (χ0n) is 14.5. The molecule has 3 rings (SSSR count). The molecular weight excluding hydrogens is 322 g/mol. The summed E-state index contributed by atoms with van der Waals surface area (Å²) in [5.74, 6) is 1.41. The average molecular weight is 345 g/mol. The van der Waals surface area contributed by atoms with E-state index in [0.717, 1.165) is 42.9 Å². The summed E-state index contributed by atoms with van der Waals surface area (Å²) >= 11 is 0. The summed E-state index contributed by atoms with van der Waals surface area (Å²) < 4.78 is 16.0. The first kappa shape index (κ1) is 17.3. The predicted molar refractivity (Wildman–Crippen MR) is 91.3 cm³/mol. The zero-order valence-corrected chi connectivity index (χ0v) is 14.5. The molecule has 1 aliphatic heterocycles. The Morgan fingerprint density at radius 1 is 1.40 bits per heavy atom. The van der Waals surface area contributed by atoms with Crippen LogP contribution in [0.3, 0.4) is 0 Å². The van der Waals surface area contributed by atoms with Crippen LogP contribution in [0, 0.1) is 6.92 Å². The molecule has 1 aliphatic rings. The molecule has 0 saturated carbocycles. The Morgan fingerprint density at radius 2 is 2.24 bits per heavy atom. The molecule has 1 aromatic carbocycles. The highest BCUT2D eigenvalue weighted by molar-refractivity contribution is 5.75. The van der Waals surface area contributed by atoms with Crippen LogP contribution >= 0.6 is 0 Å². The van der Waals surface area contributed by atoms with E-state index in [1.165, 1.54) is 0 Å². The molecule has 25 heavy (non-hydrogen) atoms. The van der Waals surface area contributed by atoms with Crippen LogP contribution in [0.4, 0.5) is 0 Å². The number of rotatable bonds is 7. The van der Waals surface area contributed by atoms with Crippen LogP contribution < -0.4 is 15.2 Å². The number of likely N-dealkylation sites (tertiary alicyclic amines) is 1. The Morgan fingerprint density at radius 3 is 2.92 bits per heavy atom. The summed E-state index contributed by atoms with van der Waals surface area (Å²) in [4.78, 5) is 13.3. The molecule has 1 atom stereocenters. The number of aryl methyl sites for hydroxylation is 1. The van der Waals surface area contributed by atoms with Gasteiger partial charge in [-0.2, -0.15) is 0 Å². The van der Waals surface area contributed by atoms with Crippen molar-refractivity contribution in [2.75, 3.05) is 20.3 Å². The Kier molecular flexibility index (Phi) is 5.23. The van der Waals surface area contributed by atoms with Crippen LogP contribution in [-0.2, 0) is 11.3 Å². The van der Waals surface area contributed by atoms with E-state index in [9.17, 15) is 4.79 Å². The number of hydrogen-bond donors (Lipinski definition) is 1. The number of carbonyl (C=O) groups excluding carboxylic acids is 1. The van der Waals surface area contributed by atoms with Crippen molar-refractivity contribution in [2.24, 2.45) is 5.73 Å². The van der Waals surface area contributed by atoms with Crippen molar-refractivity contribution < 1.29 is 18.8 Å². The number of nitrogens with two attached hydrogens (primary N) is 1. The lowest BCUT2D eigenvalue weighted by atomic mass is 10.1. The molecular formula is C18H23N3O4. The first-order chi connectivity index (χ1) is 12.1. The standard InChI is InChI=1S/C18H23N3O4/c1-12-8-14(20-25-12)15-4-3-7-21(15)10-13-5-6-16(17(9-13)23-2)24-11-18(19)22/h5-6,8-9,15H,3-4,7,10-11H2,1-2H3,(H2,19,22)/t15-/m0/s1. The Balaban J connectivity index is 1.72. The van der Waals surface area contributed by atoms with E-state index < -0.39 is 5.91 Å². The molecule has 1 saturated heterocycles. The van der Waals surface area contributed by atoms with Gasteiger partial charge in [0.1, 0.15) is 11.5 Å². The molecule has 0 spiro atoms. The molecule has 7 heteroatoms. The second-order valence-corrected chi connectivity index (χ2v) is 6.23. The van der Waals surface area contributed by atoms with Crippen LogP contribution in [0.1, 0.15) is 35.9 Å². The Labute approximate surface area is 146 Å². The Hall–Kier alpha value is -2.54. The number of hydrogen-bond acceptors (Lipinski definition) is 6. The zero-order chi connectivity index (χ0) is 17.8. The topological polar surface area (TPSA) is 90.8 Å². The van der Waals surface area contributed by atoms with Gasteiger partial charge in [0.25, 0.3) is 5.91 Å². The van der Waals surface area contributed by atoms with E-state index in [4.69, 9.17) is 19.7 Å². The maximum absolute atomic E-state index is 10.9. The fourth-order valence-corrected chi connectivity index (χ4v) is 3.21. The molecule has 0 bridgehead atoms. The predicted octanol–water partition coefficient (Wildman–Crippen LogP) is 2.19. The maximum Gasteiger partial charge on any atom is 0.255 e. The van der Waals surface area contributed by atoms with Gasteiger partial charge in [-0.3, -0.25) is 9.69 Å². The van der Waals surface area contributed by atoms with E-state index in [1.807, 2.05) is 31.2 Å². The number of ether oxygens (including phenoxy) is 2. The van der Waals surface area contributed by atoms with Gasteiger partial charge in [0.2, 0.25) is 0 Å². The number of benzene rings is 1. The molecule has 1 fully saturated rings. The molecule has 2 N–H and O–H groups in total. The molecule has 134 valence electrons. The molecule has 7 nitrogen and oxygen atoms in total. The fraction of sp³-hybridized carbons (Fsp3) is 0.444. The normalized spacial score (nSPS) is 17.6. The SMILES string of the molecule is COc1cc(CN2CCC[C@H]2c2cc(C)on2)ccc1OCC(N)=O. The van der Waals surface area contributed by atoms with Gasteiger partial charge < -0.3 is 19.7 Å². The molecule has 2 heterocycles. The highest BCUT2D eigenvalue weighted by Gasteiger charge is 2.28. The van der Waals surface area contributed by atoms with Crippen molar-refractivity contribution in [3.63, 3.8) is 0 Å². The second kappa shape index (κ2) is 7.57. The highest BCUT2D eigenvalue weighted by atomic mass is 16.5. The number of aromatic nitrogens is 1. The van der Waals surface area contributed by atoms with Crippen molar-refractivity contribution in [1.29, 1.82) is 0 Å². The van der Waals surface area contributed by atoms with E-state index in [1.54, 1.807) is 7.11 Å². The lowest BCUT2D eigenvalue weighted by molar-refractivity contribution is -0.119. The van der Waals surface area contributed by atoms with Crippen LogP contribution in [0.25, 0.3) is 0 Å². The minimum Gasteiger partial charge on any atom is -0.493 e. The van der Waals surface area contributed by atoms with Crippen LogP contribution in [0.2, 0.25) is 0 Å². The summed E-state index contributed by atoms with van der Waals surface area (Å²) in [6.07, 6.45) is 2.20. The van der Waals surface area contributed by atoms with Crippen LogP contribution in [0.15, 0.2) is 28.8 Å². The van der Waals surface area contributed by atoms with E-state index in [2.05, 4.69) is 10.1 Å². The van der Waals surface area contributed by atoms with Crippen LogP contribution in [-0.4, -0.2) is 36.2 Å². The summed E-state index contributed by atoms with van der Waals surface area (Å²) in [6, 6.07) is 7.99. The largest absolute Gasteiger partial charge is 0.493 e. The summed E-state index contributed by atoms with van der Waals surface area (Å²) in [5, 5.41) is 4.17. The van der Waals surface area contributed by atoms with Gasteiger partial charge in [-0.15, -0.1) is 0 Å². The summed E-state index contributed by atoms with van der Waals surface area (Å²) in [7, 11) is 1.58. The van der Waals surface area contributed by atoms with Crippen molar-refractivity contribution >= 4 is 5.91 Å². The first-order valence-electron chi connectivity index (χ1n) is 8.32. The Bertz CT molecular complexity index is 744. The van der Waals surface area contributed by atoms with Gasteiger partial charge in [0, 0.05) is 12.6 Å². The molecule has 1 aromatic heterocycles. The highest BCUT2D eigenvalue weighted by Crippen LogP contribution is 2.34. The quantitative estimate of drug-likeness (QED) is 0.827. The monoisotopic (exact) mass is 345 g/mol. The minimum absolute atomic E-state index is 0.171. The number of methoxy groups -OCH3 is 1. The molecule has 2 aromatic rings. The van der Waals surface area contributed by atoms with E-state index in [0.29, 0.717) is 11.5 Å². The number of amides is 1. The molecule has 1 amide bonds.